The van der Waals surface area contributed by atoms with E-state index in [1.54, 1.807) is 6.92 Å². The van der Waals surface area contributed by atoms with E-state index in [1.807, 2.05) is 38.1 Å². The fraction of sp³-hybridized carbons (Fsp3) is 0.500. The van der Waals surface area contributed by atoms with Crippen molar-refractivity contribution in [3.05, 3.63) is 59.7 Å². The van der Waals surface area contributed by atoms with Crippen LogP contribution in [0.15, 0.2) is 48.5 Å². The normalized spacial score (nSPS) is 14.5. The number of carboxylic acids is 1. The number of carboxylic acid groups (broad SMARTS) is 1. The Labute approximate surface area is 181 Å². The molecule has 1 fully saturated rings. The van der Waals surface area contributed by atoms with Gasteiger partial charge in [-0.3, -0.25) is 4.79 Å². The van der Waals surface area contributed by atoms with Gasteiger partial charge >= 0.3 is 5.97 Å². The third-order valence-corrected chi connectivity index (χ3v) is 5.42. The SMILES string of the molecule is CC.CC(Cc1ccc(OCCCOc2ccc(C3CCCC3)cc2)cc1)C(=O)O. The second-order valence-corrected chi connectivity index (χ2v) is 7.69. The minimum absolute atomic E-state index is 0.379. The van der Waals surface area contributed by atoms with E-state index in [4.69, 9.17) is 14.6 Å². The van der Waals surface area contributed by atoms with Gasteiger partial charge in [0.1, 0.15) is 11.5 Å². The van der Waals surface area contributed by atoms with Gasteiger partial charge in [-0.25, -0.2) is 0 Å². The summed E-state index contributed by atoms with van der Waals surface area (Å²) in [5.41, 5.74) is 2.45. The van der Waals surface area contributed by atoms with Crippen LogP contribution in [0.5, 0.6) is 11.5 Å². The van der Waals surface area contributed by atoms with Crippen molar-refractivity contribution in [2.24, 2.45) is 5.92 Å². The molecular weight excluding hydrogens is 376 g/mol. The van der Waals surface area contributed by atoms with Gasteiger partial charge in [-0.05, 0) is 60.6 Å². The molecule has 1 unspecified atom stereocenters. The Morgan fingerprint density at radius 3 is 1.93 bits per heavy atom. The molecule has 4 heteroatoms. The molecule has 30 heavy (non-hydrogen) atoms. The van der Waals surface area contributed by atoms with Crippen LogP contribution in [0.1, 0.15) is 69.9 Å². The molecule has 1 saturated carbocycles. The summed E-state index contributed by atoms with van der Waals surface area (Å²) >= 11 is 0. The molecule has 4 nitrogen and oxygen atoms in total. The first-order valence-electron chi connectivity index (χ1n) is 11.3. The maximum Gasteiger partial charge on any atom is 0.306 e. The molecule has 0 amide bonds. The van der Waals surface area contributed by atoms with Crippen molar-refractivity contribution >= 4 is 5.97 Å². The lowest BCUT2D eigenvalue weighted by atomic mass is 9.98. The van der Waals surface area contributed by atoms with Crippen LogP contribution in [-0.4, -0.2) is 24.3 Å². The van der Waals surface area contributed by atoms with Crippen molar-refractivity contribution in [1.82, 2.24) is 0 Å². The van der Waals surface area contributed by atoms with Crippen LogP contribution in [0.2, 0.25) is 0 Å². The molecular formula is C26H36O4. The monoisotopic (exact) mass is 412 g/mol. The molecule has 0 aromatic heterocycles. The highest BCUT2D eigenvalue weighted by molar-refractivity contribution is 5.69. The quantitative estimate of drug-likeness (QED) is 0.454. The van der Waals surface area contributed by atoms with Gasteiger partial charge in [-0.1, -0.05) is 57.9 Å². The van der Waals surface area contributed by atoms with E-state index in [9.17, 15) is 4.79 Å². The number of aliphatic carboxylic acids is 1. The van der Waals surface area contributed by atoms with Crippen LogP contribution in [-0.2, 0) is 11.2 Å². The number of rotatable bonds is 10. The Morgan fingerprint density at radius 2 is 1.43 bits per heavy atom. The van der Waals surface area contributed by atoms with Crippen molar-refractivity contribution in [2.75, 3.05) is 13.2 Å². The van der Waals surface area contributed by atoms with Gasteiger partial charge in [-0.2, -0.15) is 0 Å². The highest BCUT2D eigenvalue weighted by atomic mass is 16.5. The summed E-state index contributed by atoms with van der Waals surface area (Å²) in [7, 11) is 0. The van der Waals surface area contributed by atoms with E-state index in [1.165, 1.54) is 31.2 Å². The third-order valence-electron chi connectivity index (χ3n) is 5.42. The van der Waals surface area contributed by atoms with Crippen LogP contribution in [0.4, 0.5) is 0 Å². The Bertz CT molecular complexity index is 731. The van der Waals surface area contributed by atoms with Gasteiger partial charge in [-0.15, -0.1) is 0 Å². The summed E-state index contributed by atoms with van der Waals surface area (Å²) in [5.74, 6) is 1.30. The molecule has 1 aliphatic rings. The smallest absolute Gasteiger partial charge is 0.306 e. The van der Waals surface area contributed by atoms with Crippen molar-refractivity contribution in [3.8, 4) is 11.5 Å². The molecule has 0 spiro atoms. The largest absolute Gasteiger partial charge is 0.493 e. The van der Waals surface area contributed by atoms with Crippen molar-refractivity contribution < 1.29 is 19.4 Å². The molecule has 0 aliphatic heterocycles. The van der Waals surface area contributed by atoms with Crippen LogP contribution in [0.25, 0.3) is 0 Å². The van der Waals surface area contributed by atoms with Gasteiger partial charge in [0, 0.05) is 6.42 Å². The summed E-state index contributed by atoms with van der Waals surface area (Å²) in [5, 5.41) is 8.97. The predicted molar refractivity (Wildman–Crippen MR) is 122 cm³/mol. The standard InChI is InChI=1S/C24H30O4.C2H6/c1-18(24(25)26)17-19-7-11-22(12-8-19)27-15-4-16-28-23-13-9-21(10-14-23)20-5-2-3-6-20;1-2/h7-14,18,20H,2-6,15-17H2,1H3,(H,25,26);1-2H3. The molecule has 164 valence electrons. The molecule has 1 atom stereocenters. The zero-order chi connectivity index (χ0) is 21.8. The van der Waals surface area contributed by atoms with Gasteiger partial charge in [0.05, 0.1) is 19.1 Å². The summed E-state index contributed by atoms with van der Waals surface area (Å²) in [6.07, 6.45) is 6.68. The van der Waals surface area contributed by atoms with Gasteiger partial charge in [0.25, 0.3) is 0 Å². The molecule has 0 bridgehead atoms. The molecule has 1 N–H and O–H groups in total. The molecule has 2 aromatic rings. The summed E-state index contributed by atoms with van der Waals surface area (Å²) < 4.78 is 11.6. The Hall–Kier alpha value is -2.49. The summed E-state index contributed by atoms with van der Waals surface area (Å²) in [6, 6.07) is 16.2. The lowest BCUT2D eigenvalue weighted by Gasteiger charge is -2.12. The van der Waals surface area contributed by atoms with Crippen LogP contribution < -0.4 is 9.47 Å². The number of hydrogen-bond acceptors (Lipinski definition) is 3. The molecule has 0 heterocycles. The van der Waals surface area contributed by atoms with Crippen LogP contribution >= 0.6 is 0 Å². The number of benzene rings is 2. The second-order valence-electron chi connectivity index (χ2n) is 7.69. The predicted octanol–water partition coefficient (Wildman–Crippen LogP) is 6.48. The van der Waals surface area contributed by atoms with E-state index < -0.39 is 5.97 Å². The molecule has 3 rings (SSSR count). The molecule has 0 saturated heterocycles. The summed E-state index contributed by atoms with van der Waals surface area (Å²) in [4.78, 5) is 10.9. The van der Waals surface area contributed by atoms with E-state index in [2.05, 4.69) is 24.3 Å². The van der Waals surface area contributed by atoms with E-state index >= 15 is 0 Å². The van der Waals surface area contributed by atoms with E-state index in [0.717, 1.165) is 29.4 Å². The maximum absolute atomic E-state index is 10.9. The highest BCUT2D eigenvalue weighted by Gasteiger charge is 2.16. The fourth-order valence-electron chi connectivity index (χ4n) is 3.70. The second kappa shape index (κ2) is 12.9. The molecule has 2 aromatic carbocycles. The van der Waals surface area contributed by atoms with Crippen LogP contribution in [0.3, 0.4) is 0 Å². The Balaban J connectivity index is 0.00000155. The zero-order valence-electron chi connectivity index (χ0n) is 18.6. The van der Waals surface area contributed by atoms with Crippen molar-refractivity contribution in [3.63, 3.8) is 0 Å². The summed E-state index contributed by atoms with van der Waals surface area (Å²) in [6.45, 7) is 6.93. The third kappa shape index (κ3) is 7.74. The van der Waals surface area contributed by atoms with Gasteiger partial charge in [0.15, 0.2) is 0 Å². The van der Waals surface area contributed by atoms with Gasteiger partial charge in [0.2, 0.25) is 0 Å². The first-order chi connectivity index (χ1) is 14.6. The zero-order valence-corrected chi connectivity index (χ0v) is 18.6. The van der Waals surface area contributed by atoms with E-state index in [-0.39, 0.29) is 5.92 Å². The minimum atomic E-state index is -0.770. The van der Waals surface area contributed by atoms with Crippen molar-refractivity contribution in [1.29, 1.82) is 0 Å². The average molecular weight is 413 g/mol. The lowest BCUT2D eigenvalue weighted by Crippen LogP contribution is -2.12. The van der Waals surface area contributed by atoms with E-state index in [0.29, 0.717) is 19.6 Å². The first-order valence-corrected chi connectivity index (χ1v) is 11.3. The topological polar surface area (TPSA) is 55.8 Å². The maximum atomic E-state index is 10.9. The minimum Gasteiger partial charge on any atom is -0.493 e. The average Bonchev–Trinajstić information content (AvgIpc) is 3.31. The Morgan fingerprint density at radius 1 is 0.933 bits per heavy atom. The lowest BCUT2D eigenvalue weighted by molar-refractivity contribution is -0.141. The number of ether oxygens (including phenoxy) is 2. The molecule has 0 radical (unpaired) electrons. The number of carbonyl (C=O) groups is 1. The first kappa shape index (κ1) is 23.8. The Kier molecular flexibility index (Phi) is 10.3. The fourth-order valence-corrected chi connectivity index (χ4v) is 3.70. The highest BCUT2D eigenvalue weighted by Crippen LogP contribution is 2.34. The number of hydrogen-bond donors (Lipinski definition) is 1. The van der Waals surface area contributed by atoms with Crippen LogP contribution in [0, 0.1) is 5.92 Å². The van der Waals surface area contributed by atoms with Crippen molar-refractivity contribution in [2.45, 2.75) is 65.2 Å². The molecule has 1 aliphatic carbocycles. The van der Waals surface area contributed by atoms with Gasteiger partial charge < -0.3 is 14.6 Å².